The summed E-state index contributed by atoms with van der Waals surface area (Å²) in [6.45, 7) is 4.08. The number of hydrogen-bond donors (Lipinski definition) is 1. The second-order valence-corrected chi connectivity index (χ2v) is 3.66. The Balaban J connectivity index is 2.22. The number of aliphatic hydroxyl groups excluding tert-OH is 1. The van der Waals surface area contributed by atoms with E-state index in [9.17, 15) is 5.11 Å². The number of rotatable bonds is 0. The normalized spacial score (nSPS) is 55.0. The van der Waals surface area contributed by atoms with Crippen LogP contribution >= 0.6 is 0 Å². The van der Waals surface area contributed by atoms with E-state index in [2.05, 4.69) is 12.2 Å². The summed E-state index contributed by atoms with van der Waals surface area (Å²) in [7, 11) is 0. The maximum atomic E-state index is 9.71. The summed E-state index contributed by atoms with van der Waals surface area (Å²) in [5.74, 6) is 0.500. The maximum absolute atomic E-state index is 9.71. The van der Waals surface area contributed by atoms with Gasteiger partial charge in [0.1, 0.15) is 0 Å². The molecule has 2 heterocycles. The van der Waals surface area contributed by atoms with Gasteiger partial charge in [0.05, 0.1) is 18.3 Å². The molecule has 2 rings (SSSR count). The van der Waals surface area contributed by atoms with Crippen LogP contribution in [0.25, 0.3) is 0 Å². The number of fused-ring (bicyclic) bond motifs is 2. The Morgan fingerprint density at radius 2 is 1.55 bits per heavy atom. The summed E-state index contributed by atoms with van der Waals surface area (Å²) < 4.78 is 5.62. The molecule has 0 radical (unpaired) electrons. The third kappa shape index (κ3) is 0.932. The average Bonchev–Trinajstić information content (AvgIpc) is 2.44. The van der Waals surface area contributed by atoms with Crippen LogP contribution in [0.4, 0.5) is 0 Å². The highest BCUT2D eigenvalue weighted by Crippen LogP contribution is 2.35. The topological polar surface area (TPSA) is 29.5 Å². The SMILES string of the molecule is C[C@@H]1C(O)[C@H](C)[C@@H]2C=C[C@H]1O2. The molecule has 2 nitrogen and oxygen atoms in total. The quantitative estimate of drug-likeness (QED) is 0.526. The van der Waals surface area contributed by atoms with E-state index in [-0.39, 0.29) is 30.1 Å². The Morgan fingerprint density at radius 1 is 1.09 bits per heavy atom. The highest BCUT2D eigenvalue weighted by molar-refractivity contribution is 5.11. The molecule has 2 aliphatic heterocycles. The predicted molar refractivity (Wildman–Crippen MR) is 42.1 cm³/mol. The molecule has 1 saturated heterocycles. The van der Waals surface area contributed by atoms with Gasteiger partial charge in [-0.25, -0.2) is 0 Å². The fourth-order valence-corrected chi connectivity index (χ4v) is 1.96. The number of ether oxygens (including phenoxy) is 1. The van der Waals surface area contributed by atoms with Crippen LogP contribution in [0.5, 0.6) is 0 Å². The lowest BCUT2D eigenvalue weighted by molar-refractivity contribution is -0.116. The molecule has 2 aliphatic rings. The molecular formula is C9H14O2. The second kappa shape index (κ2) is 2.32. The average molecular weight is 154 g/mol. The molecule has 0 aromatic carbocycles. The van der Waals surface area contributed by atoms with Crippen LogP contribution in [0, 0.1) is 11.8 Å². The van der Waals surface area contributed by atoms with Crippen molar-refractivity contribution in [3.05, 3.63) is 12.2 Å². The monoisotopic (exact) mass is 154 g/mol. The third-order valence-electron chi connectivity index (χ3n) is 2.92. The first-order chi connectivity index (χ1) is 5.20. The lowest BCUT2D eigenvalue weighted by Crippen LogP contribution is -2.44. The highest BCUT2D eigenvalue weighted by atomic mass is 16.5. The first-order valence-corrected chi connectivity index (χ1v) is 4.22. The molecule has 0 aromatic rings. The fourth-order valence-electron chi connectivity index (χ4n) is 1.96. The van der Waals surface area contributed by atoms with Crippen LogP contribution in [0.3, 0.4) is 0 Å². The Labute approximate surface area is 66.9 Å². The smallest absolute Gasteiger partial charge is 0.0815 e. The minimum absolute atomic E-state index is 0.159. The van der Waals surface area contributed by atoms with E-state index in [1.165, 1.54) is 0 Å². The van der Waals surface area contributed by atoms with Crippen LogP contribution < -0.4 is 0 Å². The van der Waals surface area contributed by atoms with Crippen molar-refractivity contribution in [3.8, 4) is 0 Å². The molecule has 2 heteroatoms. The van der Waals surface area contributed by atoms with Gasteiger partial charge in [-0.3, -0.25) is 0 Å². The van der Waals surface area contributed by atoms with Crippen molar-refractivity contribution >= 4 is 0 Å². The van der Waals surface area contributed by atoms with Crippen molar-refractivity contribution in [3.63, 3.8) is 0 Å². The van der Waals surface area contributed by atoms with Crippen LogP contribution in [0.1, 0.15) is 13.8 Å². The zero-order valence-corrected chi connectivity index (χ0v) is 6.90. The summed E-state index contributed by atoms with van der Waals surface area (Å²) in [5, 5.41) is 9.71. The summed E-state index contributed by atoms with van der Waals surface area (Å²) >= 11 is 0. The van der Waals surface area contributed by atoms with Gasteiger partial charge in [0.15, 0.2) is 0 Å². The molecule has 62 valence electrons. The van der Waals surface area contributed by atoms with E-state index in [4.69, 9.17) is 4.74 Å². The van der Waals surface area contributed by atoms with Gasteiger partial charge in [-0.05, 0) is 0 Å². The van der Waals surface area contributed by atoms with Crippen molar-refractivity contribution in [2.75, 3.05) is 0 Å². The molecule has 1 N–H and O–H groups in total. The van der Waals surface area contributed by atoms with Gasteiger partial charge in [-0.1, -0.05) is 26.0 Å². The zero-order chi connectivity index (χ0) is 8.01. The first-order valence-electron chi connectivity index (χ1n) is 4.22. The first kappa shape index (κ1) is 7.32. The summed E-state index contributed by atoms with van der Waals surface area (Å²) in [5.41, 5.74) is 0. The van der Waals surface area contributed by atoms with E-state index in [1.807, 2.05) is 13.8 Å². The van der Waals surface area contributed by atoms with Gasteiger partial charge in [-0.2, -0.15) is 0 Å². The van der Waals surface area contributed by atoms with E-state index in [0.717, 1.165) is 0 Å². The van der Waals surface area contributed by atoms with E-state index in [0.29, 0.717) is 0 Å². The van der Waals surface area contributed by atoms with Gasteiger partial charge in [0.2, 0.25) is 0 Å². The molecule has 0 aliphatic carbocycles. The van der Waals surface area contributed by atoms with E-state index in [1.54, 1.807) is 0 Å². The lowest BCUT2D eigenvalue weighted by Gasteiger charge is -2.36. The number of hydrogen-bond acceptors (Lipinski definition) is 2. The standard InChI is InChI=1S/C9H14O2/c1-5-7-3-4-8(11-7)6(2)9(5)10/h3-10H,1-2H3/t5-,6+,7+,8-,9?. The van der Waals surface area contributed by atoms with Crippen LogP contribution in [0.2, 0.25) is 0 Å². The van der Waals surface area contributed by atoms with Gasteiger partial charge in [-0.15, -0.1) is 0 Å². The van der Waals surface area contributed by atoms with Crippen molar-refractivity contribution < 1.29 is 9.84 Å². The van der Waals surface area contributed by atoms with Crippen molar-refractivity contribution in [1.29, 1.82) is 0 Å². The Bertz CT molecular complexity index is 170. The molecular weight excluding hydrogens is 140 g/mol. The summed E-state index contributed by atoms with van der Waals surface area (Å²) in [6, 6.07) is 0. The van der Waals surface area contributed by atoms with Gasteiger partial charge >= 0.3 is 0 Å². The van der Waals surface area contributed by atoms with Crippen molar-refractivity contribution in [2.45, 2.75) is 32.2 Å². The zero-order valence-electron chi connectivity index (χ0n) is 6.90. The maximum Gasteiger partial charge on any atom is 0.0815 e. The summed E-state index contributed by atoms with van der Waals surface area (Å²) in [6.07, 6.45) is 4.26. The predicted octanol–water partition coefficient (Wildman–Crippen LogP) is 0.957. The number of aliphatic hydroxyl groups is 1. The second-order valence-electron chi connectivity index (χ2n) is 3.66. The molecule has 1 unspecified atom stereocenters. The van der Waals surface area contributed by atoms with Gasteiger partial charge in [0.25, 0.3) is 0 Å². The Hall–Kier alpha value is -0.340. The minimum atomic E-state index is -0.200. The molecule has 2 bridgehead atoms. The largest absolute Gasteiger partial charge is 0.392 e. The minimum Gasteiger partial charge on any atom is -0.392 e. The van der Waals surface area contributed by atoms with Crippen molar-refractivity contribution in [2.24, 2.45) is 11.8 Å². The van der Waals surface area contributed by atoms with Crippen LogP contribution in [0.15, 0.2) is 12.2 Å². The van der Waals surface area contributed by atoms with E-state index >= 15 is 0 Å². The highest BCUT2D eigenvalue weighted by Gasteiger charge is 2.41. The molecule has 0 saturated carbocycles. The molecule has 1 fully saturated rings. The fraction of sp³-hybridized carbons (Fsp3) is 0.778. The van der Waals surface area contributed by atoms with Gasteiger partial charge < -0.3 is 9.84 Å². The Kier molecular flexibility index (Phi) is 1.55. The lowest BCUT2D eigenvalue weighted by atomic mass is 9.86. The van der Waals surface area contributed by atoms with Crippen LogP contribution in [-0.2, 0) is 4.74 Å². The van der Waals surface area contributed by atoms with Crippen LogP contribution in [-0.4, -0.2) is 23.4 Å². The summed E-state index contributed by atoms with van der Waals surface area (Å²) in [4.78, 5) is 0. The third-order valence-corrected chi connectivity index (χ3v) is 2.92. The van der Waals surface area contributed by atoms with E-state index < -0.39 is 0 Å². The van der Waals surface area contributed by atoms with Crippen molar-refractivity contribution in [1.82, 2.24) is 0 Å². The van der Waals surface area contributed by atoms with Gasteiger partial charge in [0, 0.05) is 11.8 Å². The molecule has 0 spiro atoms. The molecule has 0 aromatic heterocycles. The molecule has 0 amide bonds. The molecule has 11 heavy (non-hydrogen) atoms. The Morgan fingerprint density at radius 3 is 2.00 bits per heavy atom. The molecule has 5 atom stereocenters.